The molecule has 0 saturated carbocycles. The zero-order chi connectivity index (χ0) is 19.9. The topological polar surface area (TPSA) is 18.8 Å². The van der Waals surface area contributed by atoms with Crippen LogP contribution < -0.4 is 4.90 Å². The number of unbranched alkanes of at least 4 members (excludes halogenated alkanes) is 3. The van der Waals surface area contributed by atoms with Crippen molar-refractivity contribution in [1.82, 2.24) is 4.90 Å². The third-order valence-electron chi connectivity index (χ3n) is 5.03. The Kier molecular flexibility index (Phi) is 12.5. The Morgan fingerprint density at radius 3 is 2.22 bits per heavy atom. The maximum Gasteiger partial charge on any atom is 0.0367 e. The van der Waals surface area contributed by atoms with E-state index in [2.05, 4.69) is 59.5 Å². The van der Waals surface area contributed by atoms with E-state index in [0.717, 1.165) is 26.1 Å². The zero-order valence-electron chi connectivity index (χ0n) is 18.2. The highest BCUT2D eigenvalue weighted by atomic mass is 15.3. The molecule has 0 aliphatic carbocycles. The Balaban J connectivity index is 0.00000176. The molecule has 1 aromatic carbocycles. The summed E-state index contributed by atoms with van der Waals surface area (Å²) in [7, 11) is 0. The molecule has 0 aromatic heterocycles. The second-order valence-electron chi connectivity index (χ2n) is 7.00. The largest absolute Gasteiger partial charge is 0.369 e. The Bertz CT molecular complexity index is 525. The van der Waals surface area contributed by atoms with Crippen LogP contribution in [0.2, 0.25) is 0 Å². The number of rotatable bonds is 10. The van der Waals surface area contributed by atoms with Crippen LogP contribution in [0.25, 0.3) is 0 Å². The molecule has 27 heavy (non-hydrogen) atoms. The summed E-state index contributed by atoms with van der Waals surface area (Å²) >= 11 is 0. The minimum absolute atomic E-state index is 0.871. The van der Waals surface area contributed by atoms with Crippen molar-refractivity contribution in [3.8, 4) is 0 Å². The van der Waals surface area contributed by atoms with Crippen molar-refractivity contribution in [1.29, 1.82) is 0 Å². The number of aliphatic imine (C=N–C) groups is 1. The smallest absolute Gasteiger partial charge is 0.0367 e. The van der Waals surface area contributed by atoms with Gasteiger partial charge in [-0.25, -0.2) is 0 Å². The van der Waals surface area contributed by atoms with Gasteiger partial charge in [-0.1, -0.05) is 51.0 Å². The van der Waals surface area contributed by atoms with E-state index in [1.807, 2.05) is 19.9 Å². The van der Waals surface area contributed by atoms with E-state index in [9.17, 15) is 0 Å². The van der Waals surface area contributed by atoms with Crippen LogP contribution in [0.4, 0.5) is 5.69 Å². The van der Waals surface area contributed by atoms with Crippen LogP contribution in [0.3, 0.4) is 0 Å². The summed E-state index contributed by atoms with van der Waals surface area (Å²) in [5.74, 6) is 0. The summed E-state index contributed by atoms with van der Waals surface area (Å²) in [6.45, 7) is 18.9. The lowest BCUT2D eigenvalue weighted by atomic mass is 10.1. The van der Waals surface area contributed by atoms with Crippen LogP contribution in [0.15, 0.2) is 41.9 Å². The number of nitrogens with zero attached hydrogens (tertiary/aromatic N) is 3. The summed E-state index contributed by atoms with van der Waals surface area (Å²) in [6.07, 6.45) is 8.20. The lowest BCUT2D eigenvalue weighted by Crippen LogP contribution is -2.46. The highest BCUT2D eigenvalue weighted by Crippen LogP contribution is 2.17. The van der Waals surface area contributed by atoms with Crippen molar-refractivity contribution in [2.24, 2.45) is 4.99 Å². The first kappa shape index (κ1) is 23.4. The Labute approximate surface area is 168 Å². The van der Waals surface area contributed by atoms with Crippen molar-refractivity contribution < 1.29 is 0 Å². The van der Waals surface area contributed by atoms with Crippen molar-refractivity contribution in [2.45, 2.75) is 59.8 Å². The van der Waals surface area contributed by atoms with Crippen molar-refractivity contribution >= 4 is 11.4 Å². The number of piperazine rings is 1. The molecular weight excluding hydrogens is 330 g/mol. The van der Waals surface area contributed by atoms with Crippen LogP contribution in [0.1, 0.15) is 58.4 Å². The fourth-order valence-electron chi connectivity index (χ4n) is 3.43. The molecule has 0 atom stereocenters. The van der Waals surface area contributed by atoms with Crippen LogP contribution in [0, 0.1) is 6.92 Å². The molecule has 0 radical (unpaired) electrons. The molecule has 152 valence electrons. The van der Waals surface area contributed by atoms with Gasteiger partial charge >= 0.3 is 0 Å². The summed E-state index contributed by atoms with van der Waals surface area (Å²) < 4.78 is 0. The molecule has 0 amide bonds. The average molecular weight is 372 g/mol. The molecule has 3 heteroatoms. The molecule has 2 rings (SSSR count). The standard InChI is InChI=1S/C22H35N3.C2H6/c1-4-21(23-5-2)10-8-6-7-9-15-24-16-18-25(19-17-24)22-13-11-20(3)12-14-22;1-2/h4,11-14H,1,5-10,15-19H2,2-3H3;1-2H3. The first-order valence-corrected chi connectivity index (χ1v) is 10.9. The average Bonchev–Trinajstić information content (AvgIpc) is 2.72. The van der Waals surface area contributed by atoms with E-state index < -0.39 is 0 Å². The molecule has 0 bridgehead atoms. The highest BCUT2D eigenvalue weighted by Gasteiger charge is 2.16. The maximum absolute atomic E-state index is 4.46. The molecule has 1 fully saturated rings. The third-order valence-corrected chi connectivity index (χ3v) is 5.03. The van der Waals surface area contributed by atoms with Gasteiger partial charge in [0.2, 0.25) is 0 Å². The summed E-state index contributed by atoms with van der Waals surface area (Å²) in [4.78, 5) is 9.59. The number of hydrogen-bond acceptors (Lipinski definition) is 3. The second-order valence-corrected chi connectivity index (χ2v) is 7.00. The van der Waals surface area contributed by atoms with E-state index in [1.54, 1.807) is 0 Å². The second kappa shape index (κ2) is 14.4. The number of hydrogen-bond donors (Lipinski definition) is 0. The Morgan fingerprint density at radius 1 is 1.00 bits per heavy atom. The molecule has 3 nitrogen and oxygen atoms in total. The van der Waals surface area contributed by atoms with E-state index in [0.29, 0.717) is 0 Å². The Hall–Kier alpha value is -1.61. The lowest BCUT2D eigenvalue weighted by Gasteiger charge is -2.36. The van der Waals surface area contributed by atoms with E-state index >= 15 is 0 Å². The lowest BCUT2D eigenvalue weighted by molar-refractivity contribution is 0.252. The number of aryl methyl sites for hydroxylation is 1. The van der Waals surface area contributed by atoms with Gasteiger partial charge in [0.05, 0.1) is 0 Å². The minimum atomic E-state index is 0.871. The summed E-state index contributed by atoms with van der Waals surface area (Å²) in [5.41, 5.74) is 3.88. The van der Waals surface area contributed by atoms with Gasteiger partial charge in [0.1, 0.15) is 0 Å². The van der Waals surface area contributed by atoms with E-state index in [4.69, 9.17) is 0 Å². The zero-order valence-corrected chi connectivity index (χ0v) is 18.2. The predicted molar refractivity (Wildman–Crippen MR) is 122 cm³/mol. The number of allylic oxidation sites excluding steroid dienone is 1. The van der Waals surface area contributed by atoms with E-state index in [1.165, 1.54) is 62.3 Å². The molecule has 1 aliphatic rings. The van der Waals surface area contributed by atoms with Crippen molar-refractivity contribution in [3.05, 3.63) is 42.5 Å². The van der Waals surface area contributed by atoms with Crippen molar-refractivity contribution in [3.63, 3.8) is 0 Å². The Morgan fingerprint density at radius 2 is 1.63 bits per heavy atom. The first-order valence-electron chi connectivity index (χ1n) is 10.9. The van der Waals surface area contributed by atoms with Gasteiger partial charge in [-0.15, -0.1) is 0 Å². The maximum atomic E-state index is 4.46. The molecule has 1 aromatic rings. The third kappa shape index (κ3) is 9.23. The van der Waals surface area contributed by atoms with Gasteiger partial charge in [0.25, 0.3) is 0 Å². The fourth-order valence-corrected chi connectivity index (χ4v) is 3.43. The van der Waals surface area contributed by atoms with Crippen LogP contribution >= 0.6 is 0 Å². The van der Waals surface area contributed by atoms with Crippen LogP contribution in [0.5, 0.6) is 0 Å². The number of anilines is 1. The molecule has 1 saturated heterocycles. The van der Waals surface area contributed by atoms with E-state index in [-0.39, 0.29) is 0 Å². The fraction of sp³-hybridized carbons (Fsp3) is 0.625. The minimum Gasteiger partial charge on any atom is -0.369 e. The quantitative estimate of drug-likeness (QED) is 0.386. The van der Waals surface area contributed by atoms with Gasteiger partial charge < -0.3 is 4.90 Å². The SMILES string of the molecule is C=CC(CCCCCCN1CCN(c2ccc(C)cc2)CC1)=NCC.CC. The molecular formula is C24H41N3. The summed E-state index contributed by atoms with van der Waals surface area (Å²) in [5, 5.41) is 0. The first-order chi connectivity index (χ1) is 13.2. The van der Waals surface area contributed by atoms with Crippen LogP contribution in [-0.2, 0) is 0 Å². The van der Waals surface area contributed by atoms with Gasteiger partial charge in [0.15, 0.2) is 0 Å². The van der Waals surface area contributed by atoms with Crippen molar-refractivity contribution in [2.75, 3.05) is 44.2 Å². The van der Waals surface area contributed by atoms with Gasteiger partial charge in [-0.3, -0.25) is 9.89 Å². The van der Waals surface area contributed by atoms with Crippen LogP contribution in [-0.4, -0.2) is 49.9 Å². The van der Waals surface area contributed by atoms with Gasteiger partial charge in [-0.2, -0.15) is 0 Å². The van der Waals surface area contributed by atoms with Gasteiger partial charge in [-0.05, 0) is 57.9 Å². The summed E-state index contributed by atoms with van der Waals surface area (Å²) in [6, 6.07) is 8.93. The predicted octanol–water partition coefficient (Wildman–Crippen LogP) is 5.74. The normalized spacial score (nSPS) is 15.3. The molecule has 0 N–H and O–H groups in total. The molecule has 1 aliphatic heterocycles. The van der Waals surface area contributed by atoms with Gasteiger partial charge in [0, 0.05) is 44.1 Å². The molecule has 0 unspecified atom stereocenters. The molecule has 1 heterocycles. The number of benzene rings is 1. The monoisotopic (exact) mass is 371 g/mol. The molecule has 0 spiro atoms. The highest BCUT2D eigenvalue weighted by molar-refractivity contribution is 5.94.